The number of hydrogen-bond donors (Lipinski definition) is 1. The smallest absolute Gasteiger partial charge is 0.335 e. The Morgan fingerprint density at radius 3 is 2.29 bits per heavy atom. The summed E-state index contributed by atoms with van der Waals surface area (Å²) in [4.78, 5) is 35.7. The van der Waals surface area contributed by atoms with Crippen LogP contribution in [0.2, 0.25) is 10.0 Å². The van der Waals surface area contributed by atoms with E-state index in [2.05, 4.69) is 0 Å². The number of hydrogen-bond acceptors (Lipinski definition) is 5. The third kappa shape index (κ3) is 4.32. The van der Waals surface area contributed by atoms with Crippen molar-refractivity contribution in [2.75, 3.05) is 7.05 Å². The molecule has 28 heavy (non-hydrogen) atoms. The fourth-order valence-corrected chi connectivity index (χ4v) is 3.84. The summed E-state index contributed by atoms with van der Waals surface area (Å²) in [5.74, 6) is -1.12. The van der Waals surface area contributed by atoms with E-state index in [1.54, 1.807) is 30.3 Å². The van der Waals surface area contributed by atoms with Crippen LogP contribution in [0.3, 0.4) is 0 Å². The molecule has 0 spiro atoms. The molecule has 0 aromatic heterocycles. The minimum atomic E-state index is -1.00. The third-order valence-corrected chi connectivity index (χ3v) is 5.41. The summed E-state index contributed by atoms with van der Waals surface area (Å²) in [7, 11) is 1.42. The maximum absolute atomic E-state index is 12.0. The molecule has 0 saturated carbocycles. The van der Waals surface area contributed by atoms with Crippen LogP contribution in [0.25, 0.3) is 6.08 Å². The van der Waals surface area contributed by atoms with Crippen molar-refractivity contribution in [2.24, 2.45) is 0 Å². The van der Waals surface area contributed by atoms with E-state index in [4.69, 9.17) is 33.0 Å². The molecule has 1 aliphatic heterocycles. The Labute approximate surface area is 174 Å². The number of halogens is 2. The van der Waals surface area contributed by atoms with Crippen molar-refractivity contribution in [2.45, 2.75) is 6.61 Å². The van der Waals surface area contributed by atoms with Crippen molar-refractivity contribution >= 4 is 58.2 Å². The number of nitrogens with zero attached hydrogens (tertiary/aromatic N) is 1. The third-order valence-electron chi connectivity index (χ3n) is 3.89. The molecule has 2 aromatic carbocycles. The number of carboxylic acid groups (broad SMARTS) is 1. The topological polar surface area (TPSA) is 83.9 Å². The molecular weight excluding hydrogens is 425 g/mol. The molecular formula is C19H13Cl2NO5S. The van der Waals surface area contributed by atoms with Crippen LogP contribution in [0, 0.1) is 0 Å². The number of carbonyl (C=O) groups is 3. The van der Waals surface area contributed by atoms with Crippen LogP contribution in [-0.4, -0.2) is 34.2 Å². The highest BCUT2D eigenvalue weighted by Crippen LogP contribution is 2.37. The van der Waals surface area contributed by atoms with Crippen LogP contribution in [-0.2, 0) is 11.4 Å². The molecule has 1 heterocycles. The average Bonchev–Trinajstić information content (AvgIpc) is 2.88. The summed E-state index contributed by atoms with van der Waals surface area (Å²) in [6.45, 7) is 0.146. The van der Waals surface area contributed by atoms with Crippen molar-refractivity contribution in [3.8, 4) is 5.75 Å². The Morgan fingerprint density at radius 1 is 1.18 bits per heavy atom. The SMILES string of the molecule is CN1C(=O)SC(=Cc2cc(Cl)c(OCc3ccc(C(=O)O)cc3)c(Cl)c2)C1=O. The van der Waals surface area contributed by atoms with Gasteiger partial charge in [0.1, 0.15) is 6.61 Å². The molecule has 0 unspecified atom stereocenters. The summed E-state index contributed by atoms with van der Waals surface area (Å²) in [5.41, 5.74) is 1.49. The molecule has 1 N–H and O–H groups in total. The number of imide groups is 1. The first kappa shape index (κ1) is 20.3. The van der Waals surface area contributed by atoms with Gasteiger partial charge in [-0.2, -0.15) is 0 Å². The zero-order valence-corrected chi connectivity index (χ0v) is 16.8. The Bertz CT molecular complexity index is 981. The molecule has 2 amide bonds. The van der Waals surface area contributed by atoms with Crippen LogP contribution >= 0.6 is 35.0 Å². The van der Waals surface area contributed by atoms with Gasteiger partial charge in [-0.05, 0) is 53.2 Å². The van der Waals surface area contributed by atoms with Crippen molar-refractivity contribution in [1.29, 1.82) is 0 Å². The van der Waals surface area contributed by atoms with Crippen LogP contribution in [0.5, 0.6) is 5.75 Å². The maximum Gasteiger partial charge on any atom is 0.335 e. The van der Waals surface area contributed by atoms with E-state index >= 15 is 0 Å². The normalized spacial score (nSPS) is 15.4. The van der Waals surface area contributed by atoms with E-state index in [1.807, 2.05) is 0 Å². The summed E-state index contributed by atoms with van der Waals surface area (Å²) >= 11 is 13.4. The number of amides is 2. The lowest BCUT2D eigenvalue weighted by atomic mass is 10.1. The van der Waals surface area contributed by atoms with Gasteiger partial charge in [0.05, 0.1) is 20.5 Å². The Hall–Kier alpha value is -2.48. The molecule has 2 aromatic rings. The van der Waals surface area contributed by atoms with Gasteiger partial charge in [-0.3, -0.25) is 14.5 Å². The lowest BCUT2D eigenvalue weighted by Gasteiger charge is -2.11. The van der Waals surface area contributed by atoms with Gasteiger partial charge < -0.3 is 9.84 Å². The monoisotopic (exact) mass is 437 g/mol. The second kappa shape index (κ2) is 8.26. The number of thioether (sulfide) groups is 1. The second-order valence-corrected chi connectivity index (χ2v) is 7.65. The zero-order chi connectivity index (χ0) is 20.4. The first-order valence-corrected chi connectivity index (χ1v) is 9.49. The second-order valence-electron chi connectivity index (χ2n) is 5.85. The van der Waals surface area contributed by atoms with Crippen molar-refractivity contribution in [3.63, 3.8) is 0 Å². The fourth-order valence-electron chi connectivity index (χ4n) is 2.40. The van der Waals surface area contributed by atoms with Gasteiger partial charge in [-0.15, -0.1) is 0 Å². The predicted octanol–water partition coefficient (Wildman–Crippen LogP) is 4.94. The molecule has 1 aliphatic rings. The van der Waals surface area contributed by atoms with E-state index in [0.717, 1.165) is 22.2 Å². The molecule has 1 fully saturated rings. The zero-order valence-electron chi connectivity index (χ0n) is 14.4. The number of aromatic carboxylic acids is 1. The van der Waals surface area contributed by atoms with Crippen LogP contribution in [0.4, 0.5) is 4.79 Å². The highest BCUT2D eigenvalue weighted by Gasteiger charge is 2.31. The summed E-state index contributed by atoms with van der Waals surface area (Å²) in [6, 6.07) is 9.41. The van der Waals surface area contributed by atoms with Crippen molar-refractivity contribution < 1.29 is 24.2 Å². The highest BCUT2D eigenvalue weighted by atomic mass is 35.5. The number of carbonyl (C=O) groups excluding carboxylic acids is 2. The summed E-state index contributed by atoms with van der Waals surface area (Å²) < 4.78 is 5.67. The van der Waals surface area contributed by atoms with Crippen molar-refractivity contribution in [3.05, 3.63) is 68.0 Å². The van der Waals surface area contributed by atoms with E-state index in [9.17, 15) is 14.4 Å². The Morgan fingerprint density at radius 2 is 1.79 bits per heavy atom. The number of carboxylic acids is 1. The van der Waals surface area contributed by atoms with Crippen molar-refractivity contribution in [1.82, 2.24) is 4.90 Å². The van der Waals surface area contributed by atoms with Gasteiger partial charge >= 0.3 is 5.97 Å². The fraction of sp³-hybridized carbons (Fsp3) is 0.105. The lowest BCUT2D eigenvalue weighted by molar-refractivity contribution is -0.121. The Balaban J connectivity index is 1.76. The van der Waals surface area contributed by atoms with Gasteiger partial charge in [0.2, 0.25) is 0 Å². The van der Waals surface area contributed by atoms with E-state index in [-0.39, 0.29) is 44.0 Å². The number of rotatable bonds is 5. The van der Waals surface area contributed by atoms with Crippen LogP contribution in [0.15, 0.2) is 41.3 Å². The average molecular weight is 438 g/mol. The molecule has 3 rings (SSSR count). The molecule has 0 aliphatic carbocycles. The molecule has 1 saturated heterocycles. The van der Waals surface area contributed by atoms with Gasteiger partial charge in [-0.25, -0.2) is 4.79 Å². The van der Waals surface area contributed by atoms with E-state index in [1.165, 1.54) is 19.2 Å². The Kier molecular flexibility index (Phi) is 5.98. The predicted molar refractivity (Wildman–Crippen MR) is 108 cm³/mol. The highest BCUT2D eigenvalue weighted by molar-refractivity contribution is 8.18. The minimum absolute atomic E-state index is 0.146. The molecule has 9 heteroatoms. The molecule has 0 radical (unpaired) electrons. The van der Waals surface area contributed by atoms with E-state index < -0.39 is 5.97 Å². The standard InChI is InChI=1S/C19H13Cl2NO5S/c1-22-17(23)15(28-19(22)26)8-11-6-13(20)16(14(21)7-11)27-9-10-2-4-12(5-3-10)18(24)25/h2-8H,9H2,1H3,(H,24,25). The first-order chi connectivity index (χ1) is 13.3. The van der Waals surface area contributed by atoms with Gasteiger partial charge in [0.15, 0.2) is 5.75 Å². The quantitative estimate of drug-likeness (QED) is 0.666. The number of benzene rings is 2. The van der Waals surface area contributed by atoms with Gasteiger partial charge in [0, 0.05) is 7.05 Å². The molecule has 6 nitrogen and oxygen atoms in total. The maximum atomic E-state index is 12.0. The summed E-state index contributed by atoms with van der Waals surface area (Å²) in [6.07, 6.45) is 1.54. The van der Waals surface area contributed by atoms with Crippen LogP contribution < -0.4 is 4.74 Å². The first-order valence-electron chi connectivity index (χ1n) is 7.92. The molecule has 0 bridgehead atoms. The summed E-state index contributed by atoms with van der Waals surface area (Å²) in [5, 5.41) is 9.06. The van der Waals surface area contributed by atoms with Gasteiger partial charge in [-0.1, -0.05) is 35.3 Å². The minimum Gasteiger partial charge on any atom is -0.486 e. The number of ether oxygens (including phenoxy) is 1. The largest absolute Gasteiger partial charge is 0.486 e. The van der Waals surface area contributed by atoms with E-state index in [0.29, 0.717) is 5.56 Å². The molecule has 0 atom stereocenters. The number of likely N-dealkylation sites (N-methyl/N-ethyl adjacent to an activating group) is 1. The molecule has 144 valence electrons. The van der Waals surface area contributed by atoms with Gasteiger partial charge in [0.25, 0.3) is 11.1 Å². The lowest BCUT2D eigenvalue weighted by Crippen LogP contribution is -2.22. The van der Waals surface area contributed by atoms with Crippen LogP contribution in [0.1, 0.15) is 21.5 Å².